The van der Waals surface area contributed by atoms with Crippen LogP contribution in [0, 0.1) is 26.7 Å². The molecule has 1 amide bonds. The van der Waals surface area contributed by atoms with Gasteiger partial charge >= 0.3 is 6.16 Å². The van der Waals surface area contributed by atoms with Crippen molar-refractivity contribution >= 4 is 17.6 Å². The molecule has 1 saturated heterocycles. The highest BCUT2D eigenvalue weighted by atomic mass is 16.7. The molecule has 1 aromatic carbocycles. The Morgan fingerprint density at radius 3 is 2.37 bits per heavy atom. The molecule has 0 saturated carbocycles. The van der Waals surface area contributed by atoms with Crippen molar-refractivity contribution in [1.29, 1.82) is 0 Å². The third-order valence-electron chi connectivity index (χ3n) is 5.88. The number of hydroxylamine groups is 2. The van der Waals surface area contributed by atoms with Crippen LogP contribution >= 0.6 is 0 Å². The summed E-state index contributed by atoms with van der Waals surface area (Å²) in [5.74, 6) is 0.577. The predicted molar refractivity (Wildman–Crippen MR) is 114 cm³/mol. The van der Waals surface area contributed by atoms with Crippen molar-refractivity contribution in [2.24, 2.45) is 5.92 Å². The zero-order valence-corrected chi connectivity index (χ0v) is 18.5. The Morgan fingerprint density at radius 2 is 1.80 bits per heavy atom. The normalized spacial score (nSPS) is 20.4. The Labute approximate surface area is 178 Å². The second-order valence-corrected chi connectivity index (χ2v) is 8.11. The lowest BCUT2D eigenvalue weighted by molar-refractivity contribution is -0.148. The predicted octanol–water partition coefficient (Wildman–Crippen LogP) is 3.66. The maximum atomic E-state index is 13.0. The third kappa shape index (κ3) is 4.84. The zero-order valence-electron chi connectivity index (χ0n) is 18.5. The molecule has 0 radical (unpaired) electrons. The summed E-state index contributed by atoms with van der Waals surface area (Å²) >= 11 is 0. The lowest BCUT2D eigenvalue weighted by Gasteiger charge is -2.31. The number of ether oxygens (including phenoxy) is 2. The maximum Gasteiger partial charge on any atom is 0.513 e. The smallest absolute Gasteiger partial charge is 0.434 e. The summed E-state index contributed by atoms with van der Waals surface area (Å²) in [6, 6.07) is 3.73. The van der Waals surface area contributed by atoms with E-state index in [1.165, 1.54) is 0 Å². The highest BCUT2D eigenvalue weighted by molar-refractivity contribution is 6.23. The molecule has 3 rings (SSSR count). The highest BCUT2D eigenvalue weighted by Gasteiger charge is 2.38. The molecule has 1 fully saturated rings. The summed E-state index contributed by atoms with van der Waals surface area (Å²) in [7, 11) is 1.68. The van der Waals surface area contributed by atoms with Crippen molar-refractivity contribution in [1.82, 2.24) is 10.4 Å². The van der Waals surface area contributed by atoms with Gasteiger partial charge in [-0.2, -0.15) is 5.06 Å². The van der Waals surface area contributed by atoms with E-state index in [9.17, 15) is 9.59 Å². The van der Waals surface area contributed by atoms with Gasteiger partial charge in [0.1, 0.15) is 5.76 Å². The SMILES string of the molecule is CCOC(=O)OC1=C(c2c(C)cc(C)cc2C)C(=O)NC1CC1CCN(OC)CC1. The van der Waals surface area contributed by atoms with Gasteiger partial charge in [-0.3, -0.25) is 4.79 Å². The van der Waals surface area contributed by atoms with E-state index < -0.39 is 6.16 Å². The van der Waals surface area contributed by atoms with Crippen LogP contribution < -0.4 is 5.32 Å². The number of piperidine rings is 1. The molecule has 0 spiro atoms. The van der Waals surface area contributed by atoms with Crippen molar-refractivity contribution in [3.05, 3.63) is 40.1 Å². The molecule has 7 heteroatoms. The summed E-state index contributed by atoms with van der Waals surface area (Å²) in [4.78, 5) is 30.5. The molecule has 1 atom stereocenters. The van der Waals surface area contributed by atoms with E-state index in [1.807, 2.05) is 38.0 Å². The minimum absolute atomic E-state index is 0.205. The van der Waals surface area contributed by atoms with E-state index >= 15 is 0 Å². The Balaban J connectivity index is 1.94. The van der Waals surface area contributed by atoms with Crippen molar-refractivity contribution in [3.8, 4) is 0 Å². The molecule has 7 nitrogen and oxygen atoms in total. The first-order valence-electron chi connectivity index (χ1n) is 10.6. The Hall–Kier alpha value is -2.38. The number of aryl methyl sites for hydroxylation is 3. The van der Waals surface area contributed by atoms with Crippen LogP contribution in [0.25, 0.3) is 5.57 Å². The van der Waals surface area contributed by atoms with Gasteiger partial charge in [0.05, 0.1) is 25.3 Å². The van der Waals surface area contributed by atoms with Gasteiger partial charge in [0.15, 0.2) is 0 Å². The summed E-state index contributed by atoms with van der Waals surface area (Å²) in [6.07, 6.45) is 1.87. The first-order chi connectivity index (χ1) is 14.3. The van der Waals surface area contributed by atoms with Gasteiger partial charge in [-0.15, -0.1) is 0 Å². The fraction of sp³-hybridized carbons (Fsp3) is 0.565. The number of amides is 1. The average molecular weight is 417 g/mol. The van der Waals surface area contributed by atoms with Gasteiger partial charge in [0.2, 0.25) is 0 Å². The minimum atomic E-state index is -0.775. The first kappa shape index (κ1) is 22.3. The van der Waals surface area contributed by atoms with Crippen LogP contribution in [0.2, 0.25) is 0 Å². The second kappa shape index (κ2) is 9.62. The molecule has 0 aliphatic carbocycles. The van der Waals surface area contributed by atoms with Crippen molar-refractivity contribution < 1.29 is 23.9 Å². The number of nitrogens with zero attached hydrogens (tertiary/aromatic N) is 1. The van der Waals surface area contributed by atoms with Gasteiger partial charge in [-0.05, 0) is 69.6 Å². The molecule has 0 bridgehead atoms. The molecule has 2 heterocycles. The van der Waals surface area contributed by atoms with Gasteiger partial charge in [-0.1, -0.05) is 17.7 Å². The van der Waals surface area contributed by atoms with Crippen LogP contribution in [0.5, 0.6) is 0 Å². The molecule has 2 aliphatic heterocycles. The molecular weight excluding hydrogens is 384 g/mol. The molecule has 1 unspecified atom stereocenters. The number of carbonyl (C=O) groups is 2. The largest absolute Gasteiger partial charge is 0.513 e. The Morgan fingerprint density at radius 1 is 1.17 bits per heavy atom. The summed E-state index contributed by atoms with van der Waals surface area (Å²) in [5.41, 5.74) is 4.36. The second-order valence-electron chi connectivity index (χ2n) is 8.11. The molecule has 164 valence electrons. The van der Waals surface area contributed by atoms with Crippen molar-refractivity contribution in [3.63, 3.8) is 0 Å². The number of hydrogen-bond acceptors (Lipinski definition) is 6. The number of hydrogen-bond donors (Lipinski definition) is 1. The van der Waals surface area contributed by atoms with Gasteiger partial charge in [-0.25, -0.2) is 4.79 Å². The van der Waals surface area contributed by atoms with Gasteiger partial charge in [0, 0.05) is 13.1 Å². The number of rotatable bonds is 6. The van der Waals surface area contributed by atoms with E-state index in [0.29, 0.717) is 23.7 Å². The van der Waals surface area contributed by atoms with Crippen LogP contribution in [0.15, 0.2) is 17.9 Å². The van der Waals surface area contributed by atoms with E-state index in [0.717, 1.165) is 48.2 Å². The van der Waals surface area contributed by atoms with Crippen LogP contribution in [0.4, 0.5) is 4.79 Å². The lowest BCUT2D eigenvalue weighted by Crippen LogP contribution is -2.37. The number of carbonyl (C=O) groups excluding carboxylic acids is 2. The van der Waals surface area contributed by atoms with Crippen LogP contribution in [0.3, 0.4) is 0 Å². The molecule has 0 aromatic heterocycles. The maximum absolute atomic E-state index is 13.0. The Bertz CT molecular complexity index is 817. The van der Waals surface area contributed by atoms with Crippen LogP contribution in [0.1, 0.15) is 48.4 Å². The quantitative estimate of drug-likeness (QED) is 0.713. The van der Waals surface area contributed by atoms with Crippen LogP contribution in [-0.2, 0) is 19.1 Å². The number of nitrogens with one attached hydrogen (secondary N) is 1. The minimum Gasteiger partial charge on any atom is -0.434 e. The van der Waals surface area contributed by atoms with Crippen molar-refractivity contribution in [2.75, 3.05) is 26.8 Å². The summed E-state index contributed by atoms with van der Waals surface area (Å²) in [6.45, 7) is 9.62. The fourth-order valence-electron chi connectivity index (χ4n) is 4.58. The van der Waals surface area contributed by atoms with Crippen molar-refractivity contribution in [2.45, 2.75) is 53.0 Å². The Kier molecular flexibility index (Phi) is 7.15. The fourth-order valence-corrected chi connectivity index (χ4v) is 4.58. The first-order valence-corrected chi connectivity index (χ1v) is 10.6. The van der Waals surface area contributed by atoms with E-state index in [1.54, 1.807) is 14.0 Å². The average Bonchev–Trinajstić information content (AvgIpc) is 2.97. The zero-order chi connectivity index (χ0) is 21.8. The molecule has 1 aromatic rings. The van der Waals surface area contributed by atoms with E-state index in [4.69, 9.17) is 14.3 Å². The summed E-state index contributed by atoms with van der Waals surface area (Å²) < 4.78 is 10.6. The lowest BCUT2D eigenvalue weighted by atomic mass is 9.89. The number of benzene rings is 1. The standard InChI is InChI=1S/C23H32N2O5/c1-6-29-23(27)30-21-18(13-17-7-9-25(28-5)10-8-17)24-22(26)20(21)19-15(3)11-14(2)12-16(19)4/h11-12,17-18H,6-10,13H2,1-5H3,(H,24,26). The third-order valence-corrected chi connectivity index (χ3v) is 5.88. The van der Waals surface area contributed by atoms with E-state index in [-0.39, 0.29) is 18.6 Å². The summed E-state index contributed by atoms with van der Waals surface area (Å²) in [5, 5.41) is 5.00. The molecule has 2 aliphatic rings. The molecule has 1 N–H and O–H groups in total. The molecular formula is C23H32N2O5. The molecule has 30 heavy (non-hydrogen) atoms. The topological polar surface area (TPSA) is 77.1 Å². The monoisotopic (exact) mass is 416 g/mol. The van der Waals surface area contributed by atoms with Gasteiger partial charge < -0.3 is 19.6 Å². The highest BCUT2D eigenvalue weighted by Crippen LogP contribution is 2.36. The van der Waals surface area contributed by atoms with Gasteiger partial charge in [0.25, 0.3) is 5.91 Å². The van der Waals surface area contributed by atoms with E-state index in [2.05, 4.69) is 5.32 Å². The van der Waals surface area contributed by atoms with Crippen LogP contribution in [-0.4, -0.2) is 50.0 Å².